The van der Waals surface area contributed by atoms with Crippen LogP contribution in [0.25, 0.3) is 6.08 Å². The number of allylic oxidation sites excluding steroid dienone is 1. The van der Waals surface area contributed by atoms with Crippen molar-refractivity contribution in [2.24, 2.45) is 0 Å². The molecule has 0 aromatic heterocycles. The Hall–Kier alpha value is -2.30. The summed E-state index contributed by atoms with van der Waals surface area (Å²) in [6, 6.07) is 5.34. The first-order valence-electron chi connectivity index (χ1n) is 9.39. The molecule has 1 fully saturated rings. The standard InChI is InChI=1S/C21H17Cl2F4NO4S/c1-32-18-6-11(2-4-14(18)20(29)28-13-9-33(30,31)10-13)3-5-15(21(25,26)27)12-7-16(22)19(24)17(23)8-12/h2-8,13,15H,9-10H2,1H3,(H,28,29)/b5-3+. The maximum atomic E-state index is 13.7. The molecule has 1 atom stereocenters. The number of carbonyl (C=O) groups is 1. The third-order valence-electron chi connectivity index (χ3n) is 4.91. The minimum absolute atomic E-state index is 0.0910. The van der Waals surface area contributed by atoms with Crippen molar-refractivity contribution in [2.75, 3.05) is 18.6 Å². The third-order valence-corrected chi connectivity index (χ3v) is 7.29. The van der Waals surface area contributed by atoms with Gasteiger partial charge in [0.25, 0.3) is 5.91 Å². The number of carbonyl (C=O) groups excluding carboxylic acids is 1. The van der Waals surface area contributed by atoms with Gasteiger partial charge >= 0.3 is 6.18 Å². The van der Waals surface area contributed by atoms with Crippen LogP contribution in [0.5, 0.6) is 5.75 Å². The summed E-state index contributed by atoms with van der Waals surface area (Å²) in [6.07, 6.45) is -2.69. The van der Waals surface area contributed by atoms with Crippen LogP contribution in [-0.2, 0) is 9.84 Å². The van der Waals surface area contributed by atoms with Gasteiger partial charge in [-0.25, -0.2) is 12.8 Å². The quantitative estimate of drug-likeness (QED) is 0.424. The molecule has 5 nitrogen and oxygen atoms in total. The van der Waals surface area contributed by atoms with Crippen LogP contribution in [0.3, 0.4) is 0 Å². The SMILES string of the molecule is COc1cc(/C=C/C(c2cc(Cl)c(F)c(Cl)c2)C(F)(F)F)ccc1C(=O)NC1CS(=O)(=O)C1. The normalized spacial score (nSPS) is 16.9. The Labute approximate surface area is 197 Å². The number of hydrogen-bond acceptors (Lipinski definition) is 4. The molecular formula is C21H17Cl2F4NO4S. The molecule has 1 amide bonds. The molecule has 1 N–H and O–H groups in total. The van der Waals surface area contributed by atoms with Crippen molar-refractivity contribution < 1.29 is 35.5 Å². The molecule has 0 bridgehead atoms. The Bertz CT molecular complexity index is 1180. The number of nitrogens with one attached hydrogen (secondary N) is 1. The van der Waals surface area contributed by atoms with Crippen LogP contribution >= 0.6 is 23.2 Å². The fourth-order valence-corrected chi connectivity index (χ4v) is 5.08. The summed E-state index contributed by atoms with van der Waals surface area (Å²) in [6.45, 7) is 0. The molecule has 0 spiro atoms. The summed E-state index contributed by atoms with van der Waals surface area (Å²) in [5.74, 6) is -3.91. The van der Waals surface area contributed by atoms with E-state index in [2.05, 4.69) is 5.32 Å². The Morgan fingerprint density at radius 2 is 1.79 bits per heavy atom. The lowest BCUT2D eigenvalue weighted by molar-refractivity contribution is -0.139. The highest BCUT2D eigenvalue weighted by molar-refractivity contribution is 7.92. The molecule has 1 heterocycles. The van der Waals surface area contributed by atoms with E-state index in [4.69, 9.17) is 27.9 Å². The van der Waals surface area contributed by atoms with Gasteiger partial charge in [0.2, 0.25) is 0 Å². The van der Waals surface area contributed by atoms with E-state index in [1.807, 2.05) is 0 Å². The molecule has 1 aliphatic heterocycles. The van der Waals surface area contributed by atoms with Crippen molar-refractivity contribution in [2.45, 2.75) is 18.1 Å². The van der Waals surface area contributed by atoms with E-state index in [1.54, 1.807) is 0 Å². The summed E-state index contributed by atoms with van der Waals surface area (Å²) in [5.41, 5.74) is 0.0557. The van der Waals surface area contributed by atoms with Crippen LogP contribution in [0.15, 0.2) is 36.4 Å². The number of sulfone groups is 1. The highest BCUT2D eigenvalue weighted by Crippen LogP contribution is 2.39. The Morgan fingerprint density at radius 3 is 2.30 bits per heavy atom. The van der Waals surface area contributed by atoms with Crippen LogP contribution in [0, 0.1) is 5.82 Å². The first kappa shape index (κ1) is 25.3. The Kier molecular flexibility index (Phi) is 7.30. The van der Waals surface area contributed by atoms with Crippen LogP contribution in [-0.4, -0.2) is 45.2 Å². The zero-order valence-electron chi connectivity index (χ0n) is 16.9. The third kappa shape index (κ3) is 5.99. The molecule has 12 heteroatoms. The number of methoxy groups -OCH3 is 1. The fraction of sp³-hybridized carbons (Fsp3) is 0.286. The summed E-state index contributed by atoms with van der Waals surface area (Å²) in [5, 5.41) is 1.51. The molecule has 1 unspecified atom stereocenters. The fourth-order valence-electron chi connectivity index (χ4n) is 3.28. The van der Waals surface area contributed by atoms with Gasteiger partial charge in [0.15, 0.2) is 15.7 Å². The van der Waals surface area contributed by atoms with E-state index < -0.39 is 49.7 Å². The van der Waals surface area contributed by atoms with E-state index in [9.17, 15) is 30.8 Å². The molecule has 1 aliphatic rings. The van der Waals surface area contributed by atoms with Gasteiger partial charge in [-0.1, -0.05) is 41.4 Å². The topological polar surface area (TPSA) is 72.5 Å². The second kappa shape index (κ2) is 9.52. The van der Waals surface area contributed by atoms with Gasteiger partial charge in [-0.2, -0.15) is 13.2 Å². The van der Waals surface area contributed by atoms with Gasteiger partial charge in [0.1, 0.15) is 5.75 Å². The van der Waals surface area contributed by atoms with Crippen molar-refractivity contribution in [1.29, 1.82) is 0 Å². The summed E-state index contributed by atoms with van der Waals surface area (Å²) < 4.78 is 82.2. The maximum Gasteiger partial charge on any atom is 0.399 e. The van der Waals surface area contributed by atoms with Crippen LogP contribution in [0.4, 0.5) is 17.6 Å². The van der Waals surface area contributed by atoms with E-state index >= 15 is 0 Å². The number of alkyl halides is 3. The van der Waals surface area contributed by atoms with E-state index in [0.29, 0.717) is 5.56 Å². The summed E-state index contributed by atoms with van der Waals surface area (Å²) >= 11 is 11.3. The number of amides is 1. The molecule has 33 heavy (non-hydrogen) atoms. The van der Waals surface area contributed by atoms with Crippen molar-refractivity contribution >= 4 is 45.0 Å². The Morgan fingerprint density at radius 1 is 1.18 bits per heavy atom. The Balaban J connectivity index is 1.85. The molecular weight excluding hydrogens is 509 g/mol. The number of ether oxygens (including phenoxy) is 1. The molecule has 3 rings (SSSR count). The van der Waals surface area contributed by atoms with Gasteiger partial charge in [-0.15, -0.1) is 0 Å². The minimum Gasteiger partial charge on any atom is -0.496 e. The number of rotatable bonds is 6. The second-order valence-corrected chi connectivity index (χ2v) is 10.4. The largest absolute Gasteiger partial charge is 0.496 e. The average molecular weight is 526 g/mol. The van der Waals surface area contributed by atoms with E-state index in [1.165, 1.54) is 31.4 Å². The lowest BCUT2D eigenvalue weighted by Gasteiger charge is -2.26. The lowest BCUT2D eigenvalue weighted by Crippen LogP contribution is -2.52. The van der Waals surface area contributed by atoms with Gasteiger partial charge in [0, 0.05) is 0 Å². The zero-order valence-corrected chi connectivity index (χ0v) is 19.2. The maximum absolute atomic E-state index is 13.7. The smallest absolute Gasteiger partial charge is 0.399 e. The number of hydrogen-bond donors (Lipinski definition) is 1. The van der Waals surface area contributed by atoms with Crippen molar-refractivity contribution in [3.05, 3.63) is 69.0 Å². The average Bonchev–Trinajstić information content (AvgIpc) is 2.69. The van der Waals surface area contributed by atoms with E-state index in [0.717, 1.165) is 18.2 Å². The van der Waals surface area contributed by atoms with Gasteiger partial charge in [-0.05, 0) is 35.4 Å². The molecule has 0 radical (unpaired) electrons. The van der Waals surface area contributed by atoms with Crippen molar-refractivity contribution in [3.63, 3.8) is 0 Å². The van der Waals surface area contributed by atoms with Gasteiger partial charge in [0.05, 0.1) is 46.2 Å². The van der Waals surface area contributed by atoms with Crippen LogP contribution in [0.1, 0.15) is 27.4 Å². The predicted molar refractivity (Wildman–Crippen MR) is 117 cm³/mol. The summed E-state index contributed by atoms with van der Waals surface area (Å²) in [4.78, 5) is 12.4. The predicted octanol–water partition coefficient (Wildman–Crippen LogP) is 5.03. The molecule has 0 saturated carbocycles. The molecule has 2 aromatic rings. The van der Waals surface area contributed by atoms with E-state index in [-0.39, 0.29) is 28.4 Å². The highest BCUT2D eigenvalue weighted by atomic mass is 35.5. The highest BCUT2D eigenvalue weighted by Gasteiger charge is 2.39. The van der Waals surface area contributed by atoms with Gasteiger partial charge in [-0.3, -0.25) is 4.79 Å². The van der Waals surface area contributed by atoms with Crippen molar-refractivity contribution in [1.82, 2.24) is 5.32 Å². The first-order valence-corrected chi connectivity index (χ1v) is 12.0. The molecule has 1 saturated heterocycles. The first-order chi connectivity index (χ1) is 15.3. The molecule has 2 aromatic carbocycles. The lowest BCUT2D eigenvalue weighted by atomic mass is 9.96. The van der Waals surface area contributed by atoms with Gasteiger partial charge < -0.3 is 10.1 Å². The van der Waals surface area contributed by atoms with Crippen molar-refractivity contribution in [3.8, 4) is 5.75 Å². The number of halogens is 6. The van der Waals surface area contributed by atoms with Crippen LogP contribution < -0.4 is 10.1 Å². The van der Waals surface area contributed by atoms with Crippen LogP contribution in [0.2, 0.25) is 10.0 Å². The monoisotopic (exact) mass is 525 g/mol. The zero-order chi connectivity index (χ0) is 24.6. The number of benzene rings is 2. The second-order valence-electron chi connectivity index (χ2n) is 7.38. The minimum atomic E-state index is -4.71. The molecule has 0 aliphatic carbocycles. The molecule has 178 valence electrons. The summed E-state index contributed by atoms with van der Waals surface area (Å²) in [7, 11) is -1.84.